The van der Waals surface area contributed by atoms with Crippen molar-refractivity contribution in [2.75, 3.05) is 14.2 Å². The summed E-state index contributed by atoms with van der Waals surface area (Å²) in [5.74, 6) is 2.00. The van der Waals surface area contributed by atoms with Crippen LogP contribution < -0.4 is 14.8 Å². The predicted molar refractivity (Wildman–Crippen MR) is 130 cm³/mol. The molecule has 1 N–H and O–H groups in total. The van der Waals surface area contributed by atoms with E-state index in [-0.39, 0.29) is 17.4 Å². The molecule has 1 saturated carbocycles. The van der Waals surface area contributed by atoms with Crippen molar-refractivity contribution in [3.05, 3.63) is 60.7 Å². The summed E-state index contributed by atoms with van der Waals surface area (Å²) in [4.78, 5) is 17.4. The van der Waals surface area contributed by atoms with Crippen LogP contribution in [0.5, 0.6) is 11.5 Å². The number of imidazole rings is 1. The average Bonchev–Trinajstić information content (AvgIpc) is 3.27. The topological polar surface area (TPSA) is 65.4 Å². The number of hydrogen-bond donors (Lipinski definition) is 1. The van der Waals surface area contributed by atoms with Crippen LogP contribution >= 0.6 is 0 Å². The van der Waals surface area contributed by atoms with Gasteiger partial charge in [-0.3, -0.25) is 9.36 Å². The van der Waals surface area contributed by atoms with Gasteiger partial charge in [-0.05, 0) is 60.4 Å². The van der Waals surface area contributed by atoms with Crippen molar-refractivity contribution >= 4 is 5.91 Å². The molecule has 0 saturated heterocycles. The Morgan fingerprint density at radius 2 is 1.73 bits per heavy atom. The number of carbonyl (C=O) groups excluding carboxylic acids is 1. The highest BCUT2D eigenvalue weighted by Gasteiger charge is 2.33. The lowest BCUT2D eigenvalue weighted by molar-refractivity contribution is 0.0867. The number of aromatic nitrogens is 2. The summed E-state index contributed by atoms with van der Waals surface area (Å²) in [6.07, 6.45) is 6.51. The molecule has 0 aliphatic heterocycles. The molecule has 1 heterocycles. The Labute approximate surface area is 195 Å². The Morgan fingerprint density at radius 3 is 2.33 bits per heavy atom. The van der Waals surface area contributed by atoms with E-state index in [4.69, 9.17) is 9.47 Å². The Bertz CT molecular complexity index is 1100. The van der Waals surface area contributed by atoms with Crippen molar-refractivity contribution in [2.45, 2.75) is 46.1 Å². The lowest BCUT2D eigenvalue weighted by Gasteiger charge is -2.39. The number of rotatable bonds is 6. The lowest BCUT2D eigenvalue weighted by atomic mass is 9.70. The van der Waals surface area contributed by atoms with E-state index >= 15 is 0 Å². The van der Waals surface area contributed by atoms with Crippen molar-refractivity contribution in [3.8, 4) is 28.3 Å². The van der Waals surface area contributed by atoms with Gasteiger partial charge in [0.25, 0.3) is 5.91 Å². The number of benzene rings is 2. The number of nitrogens with zero attached hydrogens (tertiary/aromatic N) is 2. The smallest absolute Gasteiger partial charge is 0.270 e. The van der Waals surface area contributed by atoms with Crippen LogP contribution in [0.1, 0.15) is 50.5 Å². The third-order valence-corrected chi connectivity index (χ3v) is 6.46. The first kappa shape index (κ1) is 22.9. The lowest BCUT2D eigenvalue weighted by Crippen LogP contribution is -2.43. The summed E-state index contributed by atoms with van der Waals surface area (Å²) in [7, 11) is 3.30. The maximum atomic E-state index is 13.1. The molecule has 2 unspecified atom stereocenters. The van der Waals surface area contributed by atoms with E-state index in [0.717, 1.165) is 41.2 Å². The summed E-state index contributed by atoms with van der Waals surface area (Å²) in [6.45, 7) is 6.83. The largest absolute Gasteiger partial charge is 0.496 e. The Kier molecular flexibility index (Phi) is 6.45. The van der Waals surface area contributed by atoms with Gasteiger partial charge in [-0.25, -0.2) is 4.98 Å². The van der Waals surface area contributed by atoms with Crippen LogP contribution in [0.4, 0.5) is 0 Å². The first-order chi connectivity index (χ1) is 15.8. The second kappa shape index (κ2) is 9.30. The predicted octanol–water partition coefficient (Wildman–Crippen LogP) is 5.50. The second-order valence-corrected chi connectivity index (χ2v) is 9.82. The van der Waals surface area contributed by atoms with Crippen LogP contribution in [0.15, 0.2) is 55.0 Å². The third kappa shape index (κ3) is 4.90. The quantitative estimate of drug-likeness (QED) is 0.542. The highest BCUT2D eigenvalue weighted by atomic mass is 16.5. The number of hydrogen-bond acceptors (Lipinski definition) is 4. The number of carbonyl (C=O) groups is 1. The molecule has 4 rings (SSSR count). The minimum Gasteiger partial charge on any atom is -0.496 e. The van der Waals surface area contributed by atoms with Gasteiger partial charge < -0.3 is 14.8 Å². The van der Waals surface area contributed by atoms with E-state index in [0.29, 0.717) is 11.6 Å². The summed E-state index contributed by atoms with van der Waals surface area (Å²) in [6, 6.07) is 13.9. The fourth-order valence-corrected chi connectivity index (χ4v) is 5.31. The maximum Gasteiger partial charge on any atom is 0.270 e. The number of methoxy groups -OCH3 is 2. The molecule has 1 aromatic heterocycles. The van der Waals surface area contributed by atoms with Crippen LogP contribution in [0.2, 0.25) is 0 Å². The molecule has 0 spiro atoms. The SMILES string of the molecule is COc1cccc(OC)c1-c1ccc(-n2cncc2C(=O)NC2CC(C)CC(C)(C)C2)cc1. The molecule has 1 aliphatic rings. The maximum absolute atomic E-state index is 13.1. The van der Waals surface area contributed by atoms with Gasteiger partial charge in [0.2, 0.25) is 0 Å². The molecule has 0 bridgehead atoms. The van der Waals surface area contributed by atoms with E-state index in [9.17, 15) is 4.79 Å². The molecule has 1 fully saturated rings. The number of ether oxygens (including phenoxy) is 2. The van der Waals surface area contributed by atoms with Crippen LogP contribution in [-0.4, -0.2) is 35.7 Å². The van der Waals surface area contributed by atoms with Crippen LogP contribution in [0.25, 0.3) is 16.8 Å². The molecule has 2 aromatic carbocycles. The molecule has 1 amide bonds. The molecule has 2 atom stereocenters. The van der Waals surface area contributed by atoms with Gasteiger partial charge in [0.15, 0.2) is 0 Å². The fraction of sp³-hybridized carbons (Fsp3) is 0.407. The Hall–Kier alpha value is -3.28. The van der Waals surface area contributed by atoms with E-state index < -0.39 is 0 Å². The van der Waals surface area contributed by atoms with Gasteiger partial charge >= 0.3 is 0 Å². The van der Waals surface area contributed by atoms with E-state index in [2.05, 4.69) is 31.1 Å². The monoisotopic (exact) mass is 447 g/mol. The molecule has 0 radical (unpaired) electrons. The van der Waals surface area contributed by atoms with E-state index in [1.54, 1.807) is 26.7 Å². The normalized spacial score (nSPS) is 19.7. The van der Waals surface area contributed by atoms with Gasteiger partial charge in [-0.15, -0.1) is 0 Å². The summed E-state index contributed by atoms with van der Waals surface area (Å²) >= 11 is 0. The zero-order chi connectivity index (χ0) is 23.6. The number of nitrogens with one attached hydrogen (secondary N) is 1. The van der Waals surface area contributed by atoms with Crippen LogP contribution in [0, 0.1) is 11.3 Å². The standard InChI is InChI=1S/C27H33N3O3/c1-18-13-20(15-27(2,3)14-18)29-26(31)22-16-28-17-30(22)21-11-9-19(10-12-21)25-23(32-4)7-6-8-24(25)33-5/h6-12,16-18,20H,13-15H2,1-5H3,(H,29,31). The van der Waals surface area contributed by atoms with Crippen molar-refractivity contribution < 1.29 is 14.3 Å². The molecule has 6 nitrogen and oxygen atoms in total. The van der Waals surface area contributed by atoms with Gasteiger partial charge in [-0.1, -0.05) is 39.0 Å². The van der Waals surface area contributed by atoms with Crippen LogP contribution in [0.3, 0.4) is 0 Å². The van der Waals surface area contributed by atoms with Gasteiger partial charge in [-0.2, -0.15) is 0 Å². The molecular weight excluding hydrogens is 414 g/mol. The average molecular weight is 448 g/mol. The minimum atomic E-state index is -0.0853. The zero-order valence-corrected chi connectivity index (χ0v) is 20.1. The molecule has 174 valence electrons. The van der Waals surface area contributed by atoms with Crippen molar-refractivity contribution in [1.82, 2.24) is 14.9 Å². The molecule has 1 aliphatic carbocycles. The van der Waals surface area contributed by atoms with Gasteiger partial charge in [0.1, 0.15) is 17.2 Å². The highest BCUT2D eigenvalue weighted by Crippen LogP contribution is 2.39. The van der Waals surface area contributed by atoms with Crippen molar-refractivity contribution in [3.63, 3.8) is 0 Å². The van der Waals surface area contributed by atoms with Gasteiger partial charge in [0.05, 0.1) is 32.3 Å². The Morgan fingerprint density at radius 1 is 1.06 bits per heavy atom. The molecular formula is C27H33N3O3. The van der Waals surface area contributed by atoms with E-state index in [1.807, 2.05) is 47.0 Å². The van der Waals surface area contributed by atoms with Crippen LogP contribution in [-0.2, 0) is 0 Å². The molecule has 6 heteroatoms. The summed E-state index contributed by atoms with van der Waals surface area (Å²) in [5.41, 5.74) is 3.51. The minimum absolute atomic E-state index is 0.0853. The fourth-order valence-electron chi connectivity index (χ4n) is 5.31. The highest BCUT2D eigenvalue weighted by molar-refractivity contribution is 5.93. The summed E-state index contributed by atoms with van der Waals surface area (Å²) < 4.78 is 12.9. The molecule has 3 aromatic rings. The zero-order valence-electron chi connectivity index (χ0n) is 20.1. The first-order valence-electron chi connectivity index (χ1n) is 11.5. The summed E-state index contributed by atoms with van der Waals surface area (Å²) in [5, 5.41) is 3.25. The Balaban J connectivity index is 1.57. The number of amides is 1. The third-order valence-electron chi connectivity index (χ3n) is 6.46. The van der Waals surface area contributed by atoms with E-state index in [1.165, 1.54) is 6.42 Å². The van der Waals surface area contributed by atoms with Crippen molar-refractivity contribution in [2.24, 2.45) is 11.3 Å². The van der Waals surface area contributed by atoms with Crippen molar-refractivity contribution in [1.29, 1.82) is 0 Å². The van der Waals surface area contributed by atoms with Gasteiger partial charge in [0, 0.05) is 11.7 Å². The first-order valence-corrected chi connectivity index (χ1v) is 11.5. The second-order valence-electron chi connectivity index (χ2n) is 9.82. The molecule has 33 heavy (non-hydrogen) atoms.